The van der Waals surface area contributed by atoms with Gasteiger partial charge >= 0.3 is 0 Å². The number of benzene rings is 1. The van der Waals surface area contributed by atoms with E-state index in [1.54, 1.807) is 41.5 Å². The molecule has 2 aromatic heterocycles. The van der Waals surface area contributed by atoms with Crippen LogP contribution in [0.2, 0.25) is 10.0 Å². The third kappa shape index (κ3) is 4.25. The molecule has 1 aromatic carbocycles. The molecule has 7 heteroatoms. The largest absolute Gasteiger partial charge is 0.264 e. The maximum Gasteiger partial charge on any atom is 0.206 e. The summed E-state index contributed by atoms with van der Waals surface area (Å²) in [6, 6.07) is 9.18. The smallest absolute Gasteiger partial charge is 0.206 e. The summed E-state index contributed by atoms with van der Waals surface area (Å²) in [5, 5.41) is 7.69. The number of pyridine rings is 1. The van der Waals surface area contributed by atoms with Gasteiger partial charge in [0.05, 0.1) is 23.5 Å². The molecule has 0 N–H and O–H groups in total. The standard InChI is InChI=1S/C18H14Cl2N4S/c1-2-7-22-18-24(23-11-13-4-3-8-21-10-13)17(12-25-18)15-6-5-14(19)9-16(15)20/h2-6,8-12H,1,7H2. The molecular weight excluding hydrogens is 375 g/mol. The molecule has 0 saturated carbocycles. The molecule has 0 amide bonds. The van der Waals surface area contributed by atoms with Gasteiger partial charge in [-0.3, -0.25) is 9.98 Å². The summed E-state index contributed by atoms with van der Waals surface area (Å²) in [4.78, 5) is 9.34. The highest BCUT2D eigenvalue weighted by atomic mass is 35.5. The molecule has 0 saturated heterocycles. The van der Waals surface area contributed by atoms with Crippen LogP contribution in [0.1, 0.15) is 5.56 Å². The predicted molar refractivity (Wildman–Crippen MR) is 106 cm³/mol. The first-order chi connectivity index (χ1) is 12.2. The zero-order chi connectivity index (χ0) is 17.6. The highest BCUT2D eigenvalue weighted by molar-refractivity contribution is 7.07. The third-order valence-corrected chi connectivity index (χ3v) is 4.66. The van der Waals surface area contributed by atoms with Gasteiger partial charge in [-0.05, 0) is 24.3 Å². The molecule has 25 heavy (non-hydrogen) atoms. The first-order valence-corrected chi connectivity index (χ1v) is 9.04. The molecule has 3 rings (SSSR count). The van der Waals surface area contributed by atoms with Crippen LogP contribution in [0.3, 0.4) is 0 Å². The second-order valence-electron chi connectivity index (χ2n) is 5.00. The lowest BCUT2D eigenvalue weighted by Gasteiger charge is -2.06. The Morgan fingerprint density at radius 1 is 1.28 bits per heavy atom. The molecule has 0 spiro atoms. The van der Waals surface area contributed by atoms with Crippen LogP contribution in [0.25, 0.3) is 11.3 Å². The van der Waals surface area contributed by atoms with Crippen LogP contribution in [-0.4, -0.2) is 22.4 Å². The van der Waals surface area contributed by atoms with Crippen LogP contribution < -0.4 is 4.80 Å². The van der Waals surface area contributed by atoms with Gasteiger partial charge < -0.3 is 0 Å². The molecule has 0 radical (unpaired) electrons. The number of halogens is 2. The van der Waals surface area contributed by atoms with Crippen molar-refractivity contribution in [2.24, 2.45) is 10.1 Å². The van der Waals surface area contributed by atoms with Crippen LogP contribution in [-0.2, 0) is 0 Å². The first kappa shape index (κ1) is 17.6. The van der Waals surface area contributed by atoms with E-state index in [-0.39, 0.29) is 0 Å². The summed E-state index contributed by atoms with van der Waals surface area (Å²) in [6.07, 6.45) is 6.94. The fraction of sp³-hybridized carbons (Fsp3) is 0.0556. The minimum absolute atomic E-state index is 0.511. The van der Waals surface area contributed by atoms with Crippen LogP contribution >= 0.6 is 34.5 Å². The maximum absolute atomic E-state index is 6.36. The van der Waals surface area contributed by atoms with Crippen LogP contribution in [0, 0.1) is 0 Å². The zero-order valence-corrected chi connectivity index (χ0v) is 15.5. The van der Waals surface area contributed by atoms with Crippen molar-refractivity contribution in [2.75, 3.05) is 6.54 Å². The van der Waals surface area contributed by atoms with E-state index >= 15 is 0 Å². The molecule has 0 bridgehead atoms. The van der Waals surface area contributed by atoms with Crippen molar-refractivity contribution in [1.29, 1.82) is 0 Å². The van der Waals surface area contributed by atoms with E-state index in [9.17, 15) is 0 Å². The summed E-state index contributed by atoms with van der Waals surface area (Å²) >= 11 is 13.9. The number of rotatable bonds is 5. The molecular formula is C18H14Cl2N4S. The van der Waals surface area contributed by atoms with Crippen molar-refractivity contribution in [1.82, 2.24) is 9.66 Å². The van der Waals surface area contributed by atoms with Crippen molar-refractivity contribution in [3.8, 4) is 11.3 Å². The van der Waals surface area contributed by atoms with Gasteiger partial charge in [-0.2, -0.15) is 5.10 Å². The van der Waals surface area contributed by atoms with Gasteiger partial charge in [0.2, 0.25) is 4.80 Å². The highest BCUT2D eigenvalue weighted by Gasteiger charge is 2.11. The SMILES string of the molecule is C=CCN=c1scc(-c2ccc(Cl)cc2Cl)n1N=Cc1cccnc1. The van der Waals surface area contributed by atoms with E-state index in [4.69, 9.17) is 23.2 Å². The van der Waals surface area contributed by atoms with Crippen LogP contribution in [0.5, 0.6) is 0 Å². The van der Waals surface area contributed by atoms with E-state index in [1.165, 1.54) is 11.3 Å². The Balaban J connectivity index is 2.11. The zero-order valence-electron chi connectivity index (χ0n) is 13.1. The fourth-order valence-electron chi connectivity index (χ4n) is 2.12. The number of hydrogen-bond acceptors (Lipinski definition) is 4. The quantitative estimate of drug-likeness (QED) is 0.453. The molecule has 0 atom stereocenters. The normalized spacial score (nSPS) is 12.0. The summed E-state index contributed by atoms with van der Waals surface area (Å²) in [5.74, 6) is 0. The predicted octanol–water partition coefficient (Wildman–Crippen LogP) is 4.89. The first-order valence-electron chi connectivity index (χ1n) is 7.41. The van der Waals surface area contributed by atoms with E-state index in [1.807, 2.05) is 23.6 Å². The second-order valence-corrected chi connectivity index (χ2v) is 6.68. The highest BCUT2D eigenvalue weighted by Crippen LogP contribution is 2.30. The van der Waals surface area contributed by atoms with Gasteiger partial charge in [0.15, 0.2) is 0 Å². The minimum atomic E-state index is 0.511. The van der Waals surface area contributed by atoms with Crippen molar-refractivity contribution < 1.29 is 0 Å². The Bertz CT molecular complexity index is 974. The lowest BCUT2D eigenvalue weighted by atomic mass is 10.2. The minimum Gasteiger partial charge on any atom is -0.264 e. The van der Waals surface area contributed by atoms with Gasteiger partial charge in [-0.15, -0.1) is 17.9 Å². The molecule has 0 fully saturated rings. The van der Waals surface area contributed by atoms with Gasteiger partial charge in [-0.25, -0.2) is 4.68 Å². The van der Waals surface area contributed by atoms with Gasteiger partial charge in [0, 0.05) is 33.9 Å². The Labute approximate surface area is 159 Å². The molecule has 0 aliphatic heterocycles. The van der Waals surface area contributed by atoms with Crippen molar-refractivity contribution >= 4 is 40.8 Å². The van der Waals surface area contributed by atoms with Gasteiger partial charge in [-0.1, -0.05) is 35.3 Å². The average Bonchev–Trinajstić information content (AvgIpc) is 3.01. The van der Waals surface area contributed by atoms with Gasteiger partial charge in [0.1, 0.15) is 0 Å². The molecule has 0 unspecified atom stereocenters. The Hall–Kier alpha value is -2.21. The van der Waals surface area contributed by atoms with E-state index < -0.39 is 0 Å². The van der Waals surface area contributed by atoms with Crippen molar-refractivity contribution in [3.05, 3.63) is 81.2 Å². The topological polar surface area (TPSA) is 42.5 Å². The summed E-state index contributed by atoms with van der Waals surface area (Å²) in [5.41, 5.74) is 2.57. The number of hydrogen-bond donors (Lipinski definition) is 0. The average molecular weight is 389 g/mol. The van der Waals surface area contributed by atoms with E-state index in [0.29, 0.717) is 16.6 Å². The van der Waals surface area contributed by atoms with Crippen LogP contribution in [0.4, 0.5) is 0 Å². The summed E-state index contributed by atoms with van der Waals surface area (Å²) in [7, 11) is 0. The second kappa shape index (κ2) is 8.25. The Morgan fingerprint density at radius 2 is 2.16 bits per heavy atom. The Kier molecular flexibility index (Phi) is 5.81. The van der Waals surface area contributed by atoms with Crippen molar-refractivity contribution in [3.63, 3.8) is 0 Å². The third-order valence-electron chi connectivity index (χ3n) is 3.25. The van der Waals surface area contributed by atoms with E-state index in [2.05, 4.69) is 21.7 Å². The lowest BCUT2D eigenvalue weighted by molar-refractivity contribution is 0.840. The molecule has 0 aliphatic carbocycles. The van der Waals surface area contributed by atoms with Crippen molar-refractivity contribution in [2.45, 2.75) is 0 Å². The van der Waals surface area contributed by atoms with E-state index in [0.717, 1.165) is 21.6 Å². The molecule has 2 heterocycles. The molecule has 3 aromatic rings. The molecule has 0 aliphatic rings. The number of thiazole rings is 1. The lowest BCUT2D eigenvalue weighted by Crippen LogP contribution is -2.12. The monoisotopic (exact) mass is 388 g/mol. The maximum atomic E-state index is 6.36. The summed E-state index contributed by atoms with van der Waals surface area (Å²) < 4.78 is 1.76. The fourth-order valence-corrected chi connectivity index (χ4v) is 3.46. The Morgan fingerprint density at radius 3 is 2.88 bits per heavy atom. The number of nitrogens with zero attached hydrogens (tertiary/aromatic N) is 4. The van der Waals surface area contributed by atoms with Gasteiger partial charge in [0.25, 0.3) is 0 Å². The molecule has 4 nitrogen and oxygen atoms in total. The summed E-state index contributed by atoms with van der Waals surface area (Å²) in [6.45, 7) is 4.22. The number of aromatic nitrogens is 2. The molecule has 126 valence electrons. The van der Waals surface area contributed by atoms with Crippen LogP contribution in [0.15, 0.2) is 70.9 Å².